The first kappa shape index (κ1) is 11.4. The molecule has 0 aliphatic heterocycles. The number of aromatic hydroxyl groups is 1. The number of halogens is 2. The maximum Gasteiger partial charge on any atom is 0.357 e. The average molecular weight is 217 g/mol. The van der Waals surface area contributed by atoms with Gasteiger partial charge in [-0.15, -0.1) is 0 Å². The first-order valence-corrected chi connectivity index (χ1v) is 4.20. The molecule has 15 heavy (non-hydrogen) atoms. The molecule has 1 rings (SSSR count). The molecule has 1 heterocycles. The molecular weight excluding hydrogens is 208 g/mol. The van der Waals surface area contributed by atoms with Crippen LogP contribution in [0.2, 0.25) is 0 Å². The van der Waals surface area contributed by atoms with Crippen LogP contribution in [0.3, 0.4) is 0 Å². The van der Waals surface area contributed by atoms with Gasteiger partial charge in [-0.3, -0.25) is 0 Å². The van der Waals surface area contributed by atoms with Gasteiger partial charge in [0, 0.05) is 0 Å². The van der Waals surface area contributed by atoms with Gasteiger partial charge in [-0.25, -0.2) is 18.6 Å². The van der Waals surface area contributed by atoms with E-state index in [2.05, 4.69) is 9.72 Å². The molecule has 0 spiro atoms. The molecule has 1 aromatic rings. The van der Waals surface area contributed by atoms with Crippen LogP contribution < -0.4 is 0 Å². The molecule has 0 unspecified atom stereocenters. The fourth-order valence-corrected chi connectivity index (χ4v) is 1.01. The lowest BCUT2D eigenvalue weighted by Crippen LogP contribution is -2.10. The number of hydrogen-bond donors (Lipinski definition) is 1. The highest BCUT2D eigenvalue weighted by Gasteiger charge is 2.21. The second-order valence-electron chi connectivity index (χ2n) is 2.65. The highest BCUT2D eigenvalue weighted by atomic mass is 19.3. The normalized spacial score (nSPS) is 10.4. The van der Waals surface area contributed by atoms with E-state index in [0.717, 1.165) is 12.3 Å². The Balaban J connectivity index is 3.11. The Hall–Kier alpha value is -1.72. The third-order valence-corrected chi connectivity index (χ3v) is 1.61. The molecule has 0 aromatic carbocycles. The average Bonchev–Trinajstić information content (AvgIpc) is 2.17. The van der Waals surface area contributed by atoms with E-state index in [0.29, 0.717) is 0 Å². The zero-order valence-electron chi connectivity index (χ0n) is 7.91. The number of esters is 1. The monoisotopic (exact) mass is 217 g/mol. The van der Waals surface area contributed by atoms with Crippen molar-refractivity contribution in [3.05, 3.63) is 23.5 Å². The van der Waals surface area contributed by atoms with Crippen LogP contribution in [0.5, 0.6) is 5.75 Å². The van der Waals surface area contributed by atoms with Crippen molar-refractivity contribution in [2.75, 3.05) is 6.61 Å². The molecule has 0 saturated heterocycles. The lowest BCUT2D eigenvalue weighted by Gasteiger charge is -2.06. The molecule has 4 nitrogen and oxygen atoms in total. The highest BCUT2D eigenvalue weighted by Crippen LogP contribution is 2.25. The topological polar surface area (TPSA) is 59.4 Å². The number of hydrogen-bond acceptors (Lipinski definition) is 4. The van der Waals surface area contributed by atoms with Crippen molar-refractivity contribution in [2.24, 2.45) is 0 Å². The Morgan fingerprint density at radius 2 is 2.33 bits per heavy atom. The summed E-state index contributed by atoms with van der Waals surface area (Å²) in [5, 5.41) is 8.95. The molecule has 6 heteroatoms. The van der Waals surface area contributed by atoms with Crippen LogP contribution in [-0.4, -0.2) is 22.7 Å². The molecule has 1 N–H and O–H groups in total. The van der Waals surface area contributed by atoms with E-state index >= 15 is 0 Å². The number of nitrogens with zero attached hydrogens (tertiary/aromatic N) is 1. The number of carbonyl (C=O) groups is 1. The standard InChI is InChI=1S/C9H9F2NO3/c1-2-15-9(14)7-6(8(10)11)3-5(13)4-12-7/h3-4,8,13H,2H2,1H3. The van der Waals surface area contributed by atoms with Crippen LogP contribution in [0.15, 0.2) is 12.3 Å². The van der Waals surface area contributed by atoms with E-state index < -0.39 is 29.4 Å². The molecule has 0 bridgehead atoms. The summed E-state index contributed by atoms with van der Waals surface area (Å²) in [7, 11) is 0. The lowest BCUT2D eigenvalue weighted by molar-refractivity contribution is 0.0507. The van der Waals surface area contributed by atoms with Crippen LogP contribution in [0, 0.1) is 0 Å². The summed E-state index contributed by atoms with van der Waals surface area (Å²) in [4.78, 5) is 14.6. The minimum absolute atomic E-state index is 0.0735. The minimum atomic E-state index is -2.89. The van der Waals surface area contributed by atoms with Gasteiger partial charge < -0.3 is 9.84 Å². The zero-order valence-corrected chi connectivity index (χ0v) is 7.91. The van der Waals surface area contributed by atoms with Gasteiger partial charge in [0.1, 0.15) is 5.75 Å². The van der Waals surface area contributed by atoms with Gasteiger partial charge in [0.05, 0.1) is 18.4 Å². The largest absolute Gasteiger partial charge is 0.506 e. The van der Waals surface area contributed by atoms with Gasteiger partial charge in [0.15, 0.2) is 5.69 Å². The van der Waals surface area contributed by atoms with Crippen molar-refractivity contribution in [3.8, 4) is 5.75 Å². The molecule has 82 valence electrons. The predicted octanol–water partition coefficient (Wildman–Crippen LogP) is 1.90. The highest BCUT2D eigenvalue weighted by molar-refractivity contribution is 5.89. The van der Waals surface area contributed by atoms with Gasteiger partial charge in [-0.1, -0.05) is 0 Å². The Bertz CT molecular complexity index is 368. The fourth-order valence-electron chi connectivity index (χ4n) is 1.01. The number of rotatable bonds is 3. The van der Waals surface area contributed by atoms with Crippen LogP contribution in [0.25, 0.3) is 0 Å². The van der Waals surface area contributed by atoms with Crippen LogP contribution >= 0.6 is 0 Å². The maximum absolute atomic E-state index is 12.4. The van der Waals surface area contributed by atoms with Crippen molar-refractivity contribution < 1.29 is 23.4 Å². The summed E-state index contributed by atoms with van der Waals surface area (Å²) in [6, 6.07) is 0.796. The first-order valence-electron chi connectivity index (χ1n) is 4.20. The van der Waals surface area contributed by atoms with Gasteiger partial charge in [0.25, 0.3) is 6.43 Å². The minimum Gasteiger partial charge on any atom is -0.506 e. The molecule has 1 aromatic heterocycles. The quantitative estimate of drug-likeness (QED) is 0.785. The van der Waals surface area contributed by atoms with E-state index in [4.69, 9.17) is 5.11 Å². The van der Waals surface area contributed by atoms with Crippen LogP contribution in [0.1, 0.15) is 29.4 Å². The molecular formula is C9H9F2NO3. The second kappa shape index (κ2) is 4.68. The van der Waals surface area contributed by atoms with Gasteiger partial charge >= 0.3 is 5.97 Å². The first-order chi connectivity index (χ1) is 7.06. The van der Waals surface area contributed by atoms with E-state index in [-0.39, 0.29) is 6.61 Å². The van der Waals surface area contributed by atoms with Crippen LogP contribution in [0.4, 0.5) is 8.78 Å². The molecule has 0 saturated carbocycles. The number of aromatic nitrogens is 1. The maximum atomic E-state index is 12.4. The van der Waals surface area contributed by atoms with Crippen molar-refractivity contribution in [3.63, 3.8) is 0 Å². The Morgan fingerprint density at radius 1 is 1.67 bits per heavy atom. The van der Waals surface area contributed by atoms with Gasteiger partial charge in [0.2, 0.25) is 0 Å². The third kappa shape index (κ3) is 2.61. The SMILES string of the molecule is CCOC(=O)c1ncc(O)cc1C(F)F. The van der Waals surface area contributed by atoms with E-state index in [1.807, 2.05) is 0 Å². The van der Waals surface area contributed by atoms with Crippen LogP contribution in [-0.2, 0) is 4.74 Å². The number of alkyl halides is 2. The number of pyridine rings is 1. The Morgan fingerprint density at radius 3 is 2.87 bits per heavy atom. The molecule has 0 amide bonds. The third-order valence-electron chi connectivity index (χ3n) is 1.61. The summed E-state index contributed by atoms with van der Waals surface area (Å²) in [5.41, 5.74) is -1.10. The summed E-state index contributed by atoms with van der Waals surface area (Å²) >= 11 is 0. The summed E-state index contributed by atoms with van der Waals surface area (Å²) in [5.74, 6) is -1.34. The molecule has 0 fully saturated rings. The van der Waals surface area contributed by atoms with Crippen molar-refractivity contribution >= 4 is 5.97 Å². The smallest absolute Gasteiger partial charge is 0.357 e. The van der Waals surface area contributed by atoms with Crippen molar-refractivity contribution in [1.29, 1.82) is 0 Å². The Labute approximate surface area is 84.5 Å². The van der Waals surface area contributed by atoms with Crippen molar-refractivity contribution in [1.82, 2.24) is 4.98 Å². The van der Waals surface area contributed by atoms with Gasteiger partial charge in [-0.05, 0) is 13.0 Å². The van der Waals surface area contributed by atoms with Crippen molar-refractivity contribution in [2.45, 2.75) is 13.3 Å². The molecule has 0 radical (unpaired) electrons. The second-order valence-corrected chi connectivity index (χ2v) is 2.65. The van der Waals surface area contributed by atoms with Gasteiger partial charge in [-0.2, -0.15) is 0 Å². The molecule has 0 aliphatic rings. The van der Waals surface area contributed by atoms with E-state index in [9.17, 15) is 13.6 Å². The molecule has 0 atom stereocenters. The zero-order chi connectivity index (χ0) is 11.4. The Kier molecular flexibility index (Phi) is 3.54. The summed E-state index contributed by atoms with van der Waals surface area (Å²) in [6.07, 6.45) is -1.97. The molecule has 0 aliphatic carbocycles. The number of ether oxygens (including phenoxy) is 1. The summed E-state index contributed by atoms with van der Waals surface area (Å²) in [6.45, 7) is 1.63. The predicted molar refractivity (Wildman–Crippen MR) is 46.8 cm³/mol. The van der Waals surface area contributed by atoms with E-state index in [1.165, 1.54) is 0 Å². The van der Waals surface area contributed by atoms with E-state index in [1.54, 1.807) is 6.92 Å². The lowest BCUT2D eigenvalue weighted by atomic mass is 10.2. The number of carbonyl (C=O) groups excluding carboxylic acids is 1. The summed E-state index contributed by atoms with van der Waals surface area (Å²) < 4.78 is 29.4. The fraction of sp³-hybridized carbons (Fsp3) is 0.333.